The highest BCUT2D eigenvalue weighted by atomic mass is 35.5. The molecular formula is C12H26ClN. The average Bonchev–Trinajstić information content (AvgIpc) is 2.03. The van der Waals surface area contributed by atoms with E-state index in [0.29, 0.717) is 5.41 Å². The lowest BCUT2D eigenvalue weighted by molar-refractivity contribution is 0.317. The molecule has 0 bridgehead atoms. The van der Waals surface area contributed by atoms with Gasteiger partial charge in [0.2, 0.25) is 0 Å². The van der Waals surface area contributed by atoms with E-state index in [-0.39, 0.29) is 0 Å². The van der Waals surface area contributed by atoms with E-state index in [1.54, 1.807) is 0 Å². The third-order valence-corrected chi connectivity index (χ3v) is 2.84. The number of hydrogen-bond donors (Lipinski definition) is 1. The Kier molecular flexibility index (Phi) is 7.66. The van der Waals surface area contributed by atoms with Gasteiger partial charge >= 0.3 is 0 Å². The highest BCUT2D eigenvalue weighted by Crippen LogP contribution is 2.19. The monoisotopic (exact) mass is 219 g/mol. The first-order valence-corrected chi connectivity index (χ1v) is 6.32. The summed E-state index contributed by atoms with van der Waals surface area (Å²) in [7, 11) is 0. The molecule has 0 rings (SSSR count). The first-order valence-electron chi connectivity index (χ1n) is 5.78. The highest BCUT2D eigenvalue weighted by molar-refractivity contribution is 6.17. The predicted octanol–water partition coefficient (Wildman–Crippen LogP) is 3.67. The Balaban J connectivity index is 3.51. The largest absolute Gasteiger partial charge is 0.316 e. The fourth-order valence-electron chi connectivity index (χ4n) is 1.60. The van der Waals surface area contributed by atoms with Gasteiger partial charge < -0.3 is 5.32 Å². The van der Waals surface area contributed by atoms with Crippen LogP contribution < -0.4 is 5.32 Å². The second-order valence-electron chi connectivity index (χ2n) is 5.13. The molecule has 86 valence electrons. The van der Waals surface area contributed by atoms with Crippen LogP contribution in [0.3, 0.4) is 0 Å². The second-order valence-corrected chi connectivity index (χ2v) is 5.51. The van der Waals surface area contributed by atoms with Crippen molar-refractivity contribution in [2.45, 2.75) is 47.0 Å². The summed E-state index contributed by atoms with van der Waals surface area (Å²) < 4.78 is 0. The minimum absolute atomic E-state index is 0.341. The molecule has 0 aromatic carbocycles. The lowest BCUT2D eigenvalue weighted by atomic mass is 9.90. The molecule has 0 aliphatic rings. The van der Waals surface area contributed by atoms with E-state index >= 15 is 0 Å². The molecule has 14 heavy (non-hydrogen) atoms. The van der Waals surface area contributed by atoms with E-state index in [4.69, 9.17) is 11.6 Å². The third kappa shape index (κ3) is 7.64. The molecule has 0 fully saturated rings. The van der Waals surface area contributed by atoms with Crippen molar-refractivity contribution in [2.24, 2.45) is 11.3 Å². The second kappa shape index (κ2) is 7.53. The molecule has 0 aromatic rings. The van der Waals surface area contributed by atoms with Crippen molar-refractivity contribution in [3.8, 4) is 0 Å². The van der Waals surface area contributed by atoms with Crippen LogP contribution >= 0.6 is 11.6 Å². The van der Waals surface area contributed by atoms with Gasteiger partial charge in [0.25, 0.3) is 0 Å². The Morgan fingerprint density at radius 2 is 2.00 bits per heavy atom. The van der Waals surface area contributed by atoms with Crippen LogP contribution in [-0.4, -0.2) is 19.0 Å². The first-order chi connectivity index (χ1) is 6.52. The molecule has 1 atom stereocenters. The molecule has 0 radical (unpaired) electrons. The fraction of sp³-hybridized carbons (Fsp3) is 1.00. The van der Waals surface area contributed by atoms with Crippen molar-refractivity contribution < 1.29 is 0 Å². The van der Waals surface area contributed by atoms with Crippen LogP contribution in [-0.2, 0) is 0 Å². The summed E-state index contributed by atoms with van der Waals surface area (Å²) in [6.07, 6.45) is 3.70. The van der Waals surface area contributed by atoms with Crippen molar-refractivity contribution in [2.75, 3.05) is 19.0 Å². The van der Waals surface area contributed by atoms with Crippen molar-refractivity contribution in [1.29, 1.82) is 0 Å². The van der Waals surface area contributed by atoms with Gasteiger partial charge in [-0.2, -0.15) is 0 Å². The summed E-state index contributed by atoms with van der Waals surface area (Å²) in [5, 5.41) is 3.54. The molecule has 1 N–H and O–H groups in total. The maximum absolute atomic E-state index is 5.75. The molecule has 0 saturated carbocycles. The molecule has 1 unspecified atom stereocenters. The van der Waals surface area contributed by atoms with Crippen LogP contribution in [0.4, 0.5) is 0 Å². The van der Waals surface area contributed by atoms with E-state index in [1.807, 2.05) is 0 Å². The lowest BCUT2D eigenvalue weighted by Crippen LogP contribution is -2.32. The van der Waals surface area contributed by atoms with E-state index in [2.05, 4.69) is 33.0 Å². The molecule has 1 nitrogen and oxygen atoms in total. The Hall–Kier alpha value is 0.250. The van der Waals surface area contributed by atoms with Gasteiger partial charge in [0.15, 0.2) is 0 Å². The maximum atomic E-state index is 5.75. The summed E-state index contributed by atoms with van der Waals surface area (Å²) in [4.78, 5) is 0. The van der Waals surface area contributed by atoms with Gasteiger partial charge in [-0.25, -0.2) is 0 Å². The lowest BCUT2D eigenvalue weighted by Gasteiger charge is -2.25. The van der Waals surface area contributed by atoms with Crippen LogP contribution in [0.25, 0.3) is 0 Å². The number of halogens is 1. The van der Waals surface area contributed by atoms with E-state index in [9.17, 15) is 0 Å². The van der Waals surface area contributed by atoms with Gasteiger partial charge in [-0.15, -0.1) is 11.6 Å². The number of rotatable bonds is 8. The van der Waals surface area contributed by atoms with Gasteiger partial charge in [0, 0.05) is 12.4 Å². The molecule has 0 heterocycles. The standard InChI is InChI=1S/C12H26ClN/c1-5-6-11(2)9-14-10-12(3,4)7-8-13/h11,14H,5-10H2,1-4H3. The normalized spacial score (nSPS) is 14.4. The van der Waals surface area contributed by atoms with Crippen LogP contribution in [0, 0.1) is 11.3 Å². The SMILES string of the molecule is CCCC(C)CNCC(C)(C)CCCl. The quantitative estimate of drug-likeness (QED) is 0.615. The van der Waals surface area contributed by atoms with Crippen molar-refractivity contribution >= 4 is 11.6 Å². The minimum Gasteiger partial charge on any atom is -0.316 e. The molecule has 0 spiro atoms. The smallest absolute Gasteiger partial charge is 0.0229 e. The zero-order chi connectivity index (χ0) is 11.0. The van der Waals surface area contributed by atoms with Crippen LogP contribution in [0.5, 0.6) is 0 Å². The molecule has 0 aliphatic carbocycles. The summed E-state index contributed by atoms with van der Waals surface area (Å²) in [6.45, 7) is 11.3. The molecule has 0 aromatic heterocycles. The molecule has 0 amide bonds. The minimum atomic E-state index is 0.341. The zero-order valence-electron chi connectivity index (χ0n) is 10.2. The van der Waals surface area contributed by atoms with Crippen molar-refractivity contribution in [3.63, 3.8) is 0 Å². The molecule has 2 heteroatoms. The van der Waals surface area contributed by atoms with E-state index in [0.717, 1.165) is 31.3 Å². The summed E-state index contributed by atoms with van der Waals surface area (Å²) in [6, 6.07) is 0. The summed E-state index contributed by atoms with van der Waals surface area (Å²) in [5.74, 6) is 1.56. The molecular weight excluding hydrogens is 194 g/mol. The Bertz CT molecular complexity index is 134. The van der Waals surface area contributed by atoms with Crippen LogP contribution in [0.2, 0.25) is 0 Å². The Morgan fingerprint density at radius 1 is 1.36 bits per heavy atom. The Labute approximate surface area is 94.6 Å². The third-order valence-electron chi connectivity index (χ3n) is 2.65. The van der Waals surface area contributed by atoms with Gasteiger partial charge in [0.1, 0.15) is 0 Å². The van der Waals surface area contributed by atoms with Crippen molar-refractivity contribution in [3.05, 3.63) is 0 Å². The number of nitrogens with one attached hydrogen (secondary N) is 1. The van der Waals surface area contributed by atoms with E-state index < -0.39 is 0 Å². The zero-order valence-corrected chi connectivity index (χ0v) is 11.0. The number of hydrogen-bond acceptors (Lipinski definition) is 1. The first kappa shape index (κ1) is 14.2. The highest BCUT2D eigenvalue weighted by Gasteiger charge is 2.16. The maximum Gasteiger partial charge on any atom is 0.0229 e. The Morgan fingerprint density at radius 3 is 2.50 bits per heavy atom. The average molecular weight is 220 g/mol. The fourth-order valence-corrected chi connectivity index (χ4v) is 2.11. The predicted molar refractivity (Wildman–Crippen MR) is 66.1 cm³/mol. The van der Waals surface area contributed by atoms with E-state index in [1.165, 1.54) is 12.8 Å². The van der Waals surface area contributed by atoms with Crippen molar-refractivity contribution in [1.82, 2.24) is 5.32 Å². The topological polar surface area (TPSA) is 12.0 Å². The summed E-state index contributed by atoms with van der Waals surface area (Å²) in [5.41, 5.74) is 0.341. The van der Waals surface area contributed by atoms with Gasteiger partial charge in [-0.3, -0.25) is 0 Å². The summed E-state index contributed by atoms with van der Waals surface area (Å²) >= 11 is 5.75. The van der Waals surface area contributed by atoms with Gasteiger partial charge in [-0.05, 0) is 30.7 Å². The van der Waals surface area contributed by atoms with Gasteiger partial charge in [-0.1, -0.05) is 34.1 Å². The van der Waals surface area contributed by atoms with Crippen LogP contribution in [0.1, 0.15) is 47.0 Å². The van der Waals surface area contributed by atoms with Crippen LogP contribution in [0.15, 0.2) is 0 Å². The van der Waals surface area contributed by atoms with Gasteiger partial charge in [0.05, 0.1) is 0 Å². The molecule has 0 saturated heterocycles. The molecule has 0 aliphatic heterocycles. The number of alkyl halides is 1.